The van der Waals surface area contributed by atoms with Crippen LogP contribution in [0.2, 0.25) is 0 Å². The highest BCUT2D eigenvalue weighted by Crippen LogP contribution is 2.28. The molecule has 0 aromatic heterocycles. The molecular formula is C22H35IN4O3. The van der Waals surface area contributed by atoms with E-state index in [0.717, 1.165) is 44.5 Å². The van der Waals surface area contributed by atoms with Gasteiger partial charge in [0.2, 0.25) is 5.91 Å². The normalized spacial score (nSPS) is 20.6. The molecule has 1 saturated heterocycles. The number of aliphatic hydroxyl groups is 1. The van der Waals surface area contributed by atoms with E-state index >= 15 is 0 Å². The van der Waals surface area contributed by atoms with E-state index in [1.165, 1.54) is 12.8 Å². The Balaban J connectivity index is 0.00000320. The Labute approximate surface area is 196 Å². The van der Waals surface area contributed by atoms with E-state index in [2.05, 4.69) is 15.6 Å². The van der Waals surface area contributed by atoms with Crippen LogP contribution in [0.4, 0.5) is 0 Å². The summed E-state index contributed by atoms with van der Waals surface area (Å²) < 4.78 is 5.22. The topological polar surface area (TPSA) is 86.2 Å². The quantitative estimate of drug-likeness (QED) is 0.287. The molecule has 2 unspecified atom stereocenters. The monoisotopic (exact) mass is 530 g/mol. The van der Waals surface area contributed by atoms with E-state index in [1.54, 1.807) is 7.11 Å². The van der Waals surface area contributed by atoms with E-state index in [1.807, 2.05) is 36.1 Å². The molecule has 1 saturated carbocycles. The zero-order valence-corrected chi connectivity index (χ0v) is 20.3. The lowest BCUT2D eigenvalue weighted by atomic mass is 10.1. The molecular weight excluding hydrogens is 495 g/mol. The summed E-state index contributed by atoms with van der Waals surface area (Å²) in [4.78, 5) is 19.2. The highest BCUT2D eigenvalue weighted by molar-refractivity contribution is 14.0. The summed E-state index contributed by atoms with van der Waals surface area (Å²) in [5.41, 5.74) is 0.776. The molecule has 1 heterocycles. The van der Waals surface area contributed by atoms with Crippen LogP contribution in [0.5, 0.6) is 5.75 Å². The van der Waals surface area contributed by atoms with Crippen LogP contribution in [0.15, 0.2) is 29.3 Å². The number of benzene rings is 1. The van der Waals surface area contributed by atoms with Crippen LogP contribution in [-0.2, 0) is 4.79 Å². The molecule has 8 heteroatoms. The first-order chi connectivity index (χ1) is 14.1. The average molecular weight is 530 g/mol. The Morgan fingerprint density at radius 1 is 1.33 bits per heavy atom. The number of carbonyl (C=O) groups excluding carboxylic acids is 1. The van der Waals surface area contributed by atoms with Gasteiger partial charge in [-0.05, 0) is 43.9 Å². The third-order valence-corrected chi connectivity index (χ3v) is 5.79. The predicted octanol–water partition coefficient (Wildman–Crippen LogP) is 2.69. The lowest BCUT2D eigenvalue weighted by molar-refractivity contribution is -0.134. The first-order valence-corrected chi connectivity index (χ1v) is 10.8. The van der Waals surface area contributed by atoms with Crippen LogP contribution >= 0.6 is 24.0 Å². The van der Waals surface area contributed by atoms with E-state index in [0.29, 0.717) is 17.6 Å². The number of halogens is 1. The summed E-state index contributed by atoms with van der Waals surface area (Å²) in [7, 11) is 1.61. The number of nitrogens with zero attached hydrogens (tertiary/aromatic N) is 2. The fourth-order valence-electron chi connectivity index (χ4n) is 4.15. The van der Waals surface area contributed by atoms with Crippen LogP contribution in [0, 0.1) is 5.92 Å². The van der Waals surface area contributed by atoms with Crippen LogP contribution < -0.4 is 15.4 Å². The third-order valence-electron chi connectivity index (χ3n) is 5.79. The first kappa shape index (κ1) is 24.7. The number of hydrogen-bond donors (Lipinski definition) is 3. The Bertz CT molecular complexity index is 709. The van der Waals surface area contributed by atoms with Crippen molar-refractivity contribution in [2.45, 2.75) is 51.2 Å². The fourth-order valence-corrected chi connectivity index (χ4v) is 4.15. The molecule has 2 atom stereocenters. The molecule has 0 radical (unpaired) electrons. The van der Waals surface area contributed by atoms with Gasteiger partial charge in [-0.2, -0.15) is 0 Å². The summed E-state index contributed by atoms with van der Waals surface area (Å²) in [6.45, 7) is 4.52. The van der Waals surface area contributed by atoms with Crippen LogP contribution in [0.1, 0.15) is 50.7 Å². The minimum atomic E-state index is -0.704. The molecule has 1 aliphatic carbocycles. The molecule has 7 nitrogen and oxygen atoms in total. The van der Waals surface area contributed by atoms with Crippen LogP contribution in [0.25, 0.3) is 0 Å². The number of methoxy groups -OCH3 is 1. The van der Waals surface area contributed by atoms with Gasteiger partial charge in [0.25, 0.3) is 0 Å². The summed E-state index contributed by atoms with van der Waals surface area (Å²) in [6, 6.07) is 7.59. The van der Waals surface area contributed by atoms with E-state index in [-0.39, 0.29) is 42.5 Å². The number of carbonyl (C=O) groups is 1. The van der Waals surface area contributed by atoms with E-state index in [9.17, 15) is 9.90 Å². The van der Waals surface area contributed by atoms with Gasteiger partial charge < -0.3 is 25.4 Å². The molecule has 1 aromatic rings. The first-order valence-electron chi connectivity index (χ1n) is 10.8. The van der Waals surface area contributed by atoms with Crippen molar-refractivity contribution in [1.82, 2.24) is 15.5 Å². The lowest BCUT2D eigenvalue weighted by Gasteiger charge is -2.21. The van der Waals surface area contributed by atoms with Crippen molar-refractivity contribution in [3.05, 3.63) is 29.8 Å². The van der Waals surface area contributed by atoms with Crippen LogP contribution in [-0.4, -0.2) is 61.2 Å². The summed E-state index contributed by atoms with van der Waals surface area (Å²) >= 11 is 0. The minimum absolute atomic E-state index is 0. The Hall–Kier alpha value is -1.55. The van der Waals surface area contributed by atoms with Gasteiger partial charge in [0.15, 0.2) is 5.96 Å². The van der Waals surface area contributed by atoms with Crippen molar-refractivity contribution >= 4 is 35.8 Å². The largest absolute Gasteiger partial charge is 0.497 e. The van der Waals surface area contributed by atoms with Crippen molar-refractivity contribution < 1.29 is 14.6 Å². The van der Waals surface area contributed by atoms with Crippen molar-refractivity contribution in [1.29, 1.82) is 0 Å². The van der Waals surface area contributed by atoms with Gasteiger partial charge in [0.1, 0.15) is 5.75 Å². The van der Waals surface area contributed by atoms with Gasteiger partial charge in [-0.25, -0.2) is 0 Å². The number of aliphatic hydroxyl groups excluding tert-OH is 1. The molecule has 0 bridgehead atoms. The van der Waals surface area contributed by atoms with Crippen molar-refractivity contribution in [3.8, 4) is 5.75 Å². The molecule has 30 heavy (non-hydrogen) atoms. The molecule has 2 aliphatic rings. The highest BCUT2D eigenvalue weighted by atomic mass is 127. The summed E-state index contributed by atoms with van der Waals surface area (Å²) in [5.74, 6) is 1.94. The molecule has 1 amide bonds. The van der Waals surface area contributed by atoms with Gasteiger partial charge in [0, 0.05) is 31.6 Å². The van der Waals surface area contributed by atoms with Gasteiger partial charge in [-0.15, -0.1) is 24.0 Å². The number of nitrogens with one attached hydrogen (secondary N) is 2. The highest BCUT2D eigenvalue weighted by Gasteiger charge is 2.32. The smallest absolute Gasteiger partial charge is 0.225 e. The second kappa shape index (κ2) is 12.3. The van der Waals surface area contributed by atoms with Crippen molar-refractivity contribution in [2.75, 3.05) is 33.3 Å². The number of likely N-dealkylation sites (tertiary alicyclic amines) is 1. The molecule has 1 aromatic carbocycles. The van der Waals surface area contributed by atoms with Crippen LogP contribution in [0.3, 0.4) is 0 Å². The molecule has 2 fully saturated rings. The fraction of sp³-hybridized carbons (Fsp3) is 0.636. The SMILES string of the molecule is CCNC(=NCC(O)c1cccc(OC)c1)NC1CCN(C(=O)C2CCCC2)C1.I. The van der Waals surface area contributed by atoms with Gasteiger partial charge in [0.05, 0.1) is 19.8 Å². The summed E-state index contributed by atoms with van der Waals surface area (Å²) in [6.07, 6.45) is 4.66. The van der Waals surface area contributed by atoms with Gasteiger partial charge in [-0.3, -0.25) is 9.79 Å². The Kier molecular flexibility index (Phi) is 10.2. The zero-order chi connectivity index (χ0) is 20.6. The predicted molar refractivity (Wildman–Crippen MR) is 129 cm³/mol. The van der Waals surface area contributed by atoms with E-state index in [4.69, 9.17) is 4.74 Å². The maximum Gasteiger partial charge on any atom is 0.225 e. The number of ether oxygens (including phenoxy) is 1. The molecule has 1 aliphatic heterocycles. The second-order valence-electron chi connectivity index (χ2n) is 7.91. The molecule has 168 valence electrons. The lowest BCUT2D eigenvalue weighted by Crippen LogP contribution is -2.45. The molecule has 0 spiro atoms. The van der Waals surface area contributed by atoms with Gasteiger partial charge in [-0.1, -0.05) is 25.0 Å². The summed E-state index contributed by atoms with van der Waals surface area (Å²) in [5, 5.41) is 17.2. The number of amides is 1. The maximum atomic E-state index is 12.6. The minimum Gasteiger partial charge on any atom is -0.497 e. The Morgan fingerprint density at radius 2 is 2.10 bits per heavy atom. The van der Waals surface area contributed by atoms with Crippen molar-refractivity contribution in [3.63, 3.8) is 0 Å². The number of hydrogen-bond acceptors (Lipinski definition) is 4. The zero-order valence-electron chi connectivity index (χ0n) is 18.0. The number of rotatable bonds is 7. The molecule has 3 rings (SSSR count). The Morgan fingerprint density at radius 3 is 2.80 bits per heavy atom. The second-order valence-corrected chi connectivity index (χ2v) is 7.91. The number of guanidine groups is 1. The maximum absolute atomic E-state index is 12.6. The van der Waals surface area contributed by atoms with Crippen molar-refractivity contribution in [2.24, 2.45) is 10.9 Å². The number of aliphatic imine (C=N–C) groups is 1. The molecule has 3 N–H and O–H groups in total. The third kappa shape index (κ3) is 6.73. The average Bonchev–Trinajstić information content (AvgIpc) is 3.44. The standard InChI is InChI=1S/C22H34N4O3.HI/c1-3-23-22(24-14-20(27)17-9-6-10-19(13-17)29-2)25-18-11-12-26(15-18)21(28)16-7-4-5-8-16;/h6,9-10,13,16,18,20,27H,3-5,7-8,11-12,14-15H2,1-2H3,(H2,23,24,25);1H. The van der Waals surface area contributed by atoms with Gasteiger partial charge >= 0.3 is 0 Å². The van der Waals surface area contributed by atoms with E-state index < -0.39 is 6.10 Å².